The van der Waals surface area contributed by atoms with E-state index in [2.05, 4.69) is 21.9 Å². The van der Waals surface area contributed by atoms with E-state index in [1.54, 1.807) is 5.38 Å². The quantitative estimate of drug-likeness (QED) is 0.376. The summed E-state index contributed by atoms with van der Waals surface area (Å²) in [7, 11) is 0. The molecule has 1 aromatic carbocycles. The van der Waals surface area contributed by atoms with Gasteiger partial charge in [0.25, 0.3) is 0 Å². The molecule has 0 aliphatic heterocycles. The van der Waals surface area contributed by atoms with Crippen molar-refractivity contribution in [2.45, 2.75) is 37.4 Å². The minimum absolute atomic E-state index is 0.0213. The van der Waals surface area contributed by atoms with Crippen LogP contribution in [0.15, 0.2) is 47.1 Å². The van der Waals surface area contributed by atoms with Crippen molar-refractivity contribution in [2.24, 2.45) is 0 Å². The summed E-state index contributed by atoms with van der Waals surface area (Å²) >= 11 is 2.35. The second-order valence-electron chi connectivity index (χ2n) is 6.01. The average Bonchev–Trinajstić information content (AvgIpc) is 3.15. The van der Waals surface area contributed by atoms with Crippen molar-refractivity contribution >= 4 is 39.8 Å². The molecule has 29 heavy (non-hydrogen) atoms. The van der Waals surface area contributed by atoms with Gasteiger partial charge >= 0.3 is 6.18 Å². The Balaban J connectivity index is 1.74. The first kappa shape index (κ1) is 21.3. The molecule has 0 fully saturated rings. The van der Waals surface area contributed by atoms with Crippen LogP contribution in [0.4, 0.5) is 24.0 Å². The number of thiazole rings is 1. The second-order valence-corrected chi connectivity index (χ2v) is 7.79. The highest BCUT2D eigenvalue weighted by Gasteiger charge is 2.32. The predicted molar refractivity (Wildman–Crippen MR) is 107 cm³/mol. The fraction of sp³-hybridized carbons (Fsp3) is 0.263. The minimum atomic E-state index is -4.51. The van der Waals surface area contributed by atoms with E-state index in [1.165, 1.54) is 23.2 Å². The molecule has 2 aromatic heterocycles. The topological polar surface area (TPSA) is 59.0 Å². The second kappa shape index (κ2) is 8.91. The number of alkyl halides is 3. The van der Waals surface area contributed by atoms with Crippen LogP contribution < -0.4 is 4.90 Å². The number of thioether (sulfide) groups is 1. The van der Waals surface area contributed by atoms with Crippen LogP contribution in [0.25, 0.3) is 0 Å². The van der Waals surface area contributed by atoms with E-state index in [0.29, 0.717) is 22.3 Å². The van der Waals surface area contributed by atoms with Crippen LogP contribution in [0.1, 0.15) is 30.8 Å². The summed E-state index contributed by atoms with van der Waals surface area (Å²) in [5.41, 5.74) is 1.53. The van der Waals surface area contributed by atoms with Gasteiger partial charge in [0.2, 0.25) is 5.91 Å². The third-order valence-corrected chi connectivity index (χ3v) is 5.69. The van der Waals surface area contributed by atoms with Crippen molar-refractivity contribution in [1.29, 1.82) is 0 Å². The Kier molecular flexibility index (Phi) is 6.53. The van der Waals surface area contributed by atoms with Crippen LogP contribution in [0.5, 0.6) is 0 Å². The number of carbonyl (C=O) groups is 1. The number of amides is 1. The number of hydrogen-bond donors (Lipinski definition) is 0. The van der Waals surface area contributed by atoms with Crippen molar-refractivity contribution < 1.29 is 18.0 Å². The zero-order valence-corrected chi connectivity index (χ0v) is 17.2. The van der Waals surface area contributed by atoms with Gasteiger partial charge in [-0.3, -0.25) is 9.69 Å². The summed E-state index contributed by atoms with van der Waals surface area (Å²) in [6.07, 6.45) is -2.53. The highest BCUT2D eigenvalue weighted by atomic mass is 32.2. The number of aromatic nitrogens is 3. The van der Waals surface area contributed by atoms with E-state index >= 15 is 0 Å². The maximum atomic E-state index is 12.8. The zero-order chi connectivity index (χ0) is 21.0. The summed E-state index contributed by atoms with van der Waals surface area (Å²) in [5, 5.41) is 2.29. The van der Waals surface area contributed by atoms with Gasteiger partial charge in [-0.1, -0.05) is 30.8 Å². The molecular formula is C19H17F3N4OS2. The molecule has 0 radical (unpaired) electrons. The van der Waals surface area contributed by atoms with Gasteiger partial charge in [0.15, 0.2) is 10.3 Å². The lowest BCUT2D eigenvalue weighted by molar-refractivity contribution is -0.141. The molecule has 1 amide bonds. The third kappa shape index (κ3) is 5.33. The lowest BCUT2D eigenvalue weighted by atomic mass is 10.1. The zero-order valence-electron chi connectivity index (χ0n) is 15.6. The highest BCUT2D eigenvalue weighted by Crippen LogP contribution is 2.32. The molecule has 0 aliphatic rings. The maximum Gasteiger partial charge on any atom is 0.433 e. The standard InChI is InChI=1S/C19H17F3N4OS2/c1-3-13-4-6-15(7-5-13)26(12(2)27)18-24-14(11-29-18)10-28-17-23-9-8-16(25-17)19(20,21)22/h4-9,11H,3,10H2,1-2H3. The molecule has 0 saturated carbocycles. The molecule has 10 heteroatoms. The maximum absolute atomic E-state index is 12.8. The van der Waals surface area contributed by atoms with E-state index in [4.69, 9.17) is 0 Å². The van der Waals surface area contributed by atoms with Crippen molar-refractivity contribution in [2.75, 3.05) is 4.90 Å². The molecule has 0 bridgehead atoms. The molecule has 0 spiro atoms. The van der Waals surface area contributed by atoms with Crippen LogP contribution >= 0.6 is 23.1 Å². The molecule has 3 aromatic rings. The molecule has 0 saturated heterocycles. The van der Waals surface area contributed by atoms with E-state index in [-0.39, 0.29) is 11.1 Å². The number of halogens is 3. The van der Waals surface area contributed by atoms with Crippen molar-refractivity contribution in [3.8, 4) is 0 Å². The smallest absolute Gasteiger partial charge is 0.274 e. The summed E-state index contributed by atoms with van der Waals surface area (Å²) in [6.45, 7) is 3.51. The van der Waals surface area contributed by atoms with Crippen LogP contribution in [0, 0.1) is 0 Å². The largest absolute Gasteiger partial charge is 0.433 e. The predicted octanol–water partition coefficient (Wildman–Crippen LogP) is 5.49. The summed E-state index contributed by atoms with van der Waals surface area (Å²) in [6, 6.07) is 8.49. The lowest BCUT2D eigenvalue weighted by Crippen LogP contribution is -2.22. The molecular weight excluding hydrogens is 421 g/mol. The van der Waals surface area contributed by atoms with Crippen molar-refractivity contribution in [1.82, 2.24) is 15.0 Å². The van der Waals surface area contributed by atoms with Crippen LogP contribution in [0.2, 0.25) is 0 Å². The summed E-state index contributed by atoms with van der Waals surface area (Å²) in [5.74, 6) is 0.113. The Labute approximate surface area is 174 Å². The molecule has 0 N–H and O–H groups in total. The first-order valence-corrected chi connectivity index (χ1v) is 10.5. The monoisotopic (exact) mass is 438 g/mol. The third-order valence-electron chi connectivity index (χ3n) is 3.92. The van der Waals surface area contributed by atoms with Crippen LogP contribution in [-0.2, 0) is 23.1 Å². The van der Waals surface area contributed by atoms with Gasteiger partial charge in [0, 0.05) is 24.3 Å². The van der Waals surface area contributed by atoms with Gasteiger partial charge in [-0.25, -0.2) is 15.0 Å². The fourth-order valence-corrected chi connectivity index (χ4v) is 4.20. The van der Waals surface area contributed by atoms with E-state index in [1.807, 2.05) is 24.3 Å². The fourth-order valence-electron chi connectivity index (χ4n) is 2.48. The summed E-state index contributed by atoms with van der Waals surface area (Å²) in [4.78, 5) is 25.6. The Bertz CT molecular complexity index is 990. The van der Waals surface area contributed by atoms with Gasteiger partial charge in [-0.15, -0.1) is 11.3 Å². The van der Waals surface area contributed by atoms with E-state index < -0.39 is 11.9 Å². The highest BCUT2D eigenvalue weighted by molar-refractivity contribution is 7.98. The van der Waals surface area contributed by atoms with Gasteiger partial charge < -0.3 is 0 Å². The average molecular weight is 438 g/mol. The number of carbonyl (C=O) groups excluding carboxylic acids is 1. The normalized spacial score (nSPS) is 11.5. The van der Waals surface area contributed by atoms with Gasteiger partial charge in [-0.2, -0.15) is 13.2 Å². The molecule has 0 unspecified atom stereocenters. The minimum Gasteiger partial charge on any atom is -0.274 e. The lowest BCUT2D eigenvalue weighted by Gasteiger charge is -2.18. The first-order chi connectivity index (χ1) is 13.8. The Morgan fingerprint density at radius 2 is 1.90 bits per heavy atom. The number of nitrogens with zero attached hydrogens (tertiary/aromatic N) is 4. The van der Waals surface area contributed by atoms with Gasteiger partial charge in [-0.05, 0) is 30.2 Å². The molecule has 0 atom stereocenters. The Morgan fingerprint density at radius 3 is 2.52 bits per heavy atom. The number of rotatable bonds is 6. The number of anilines is 2. The SMILES string of the molecule is CCc1ccc(N(C(C)=O)c2nc(CSc3nccc(C(F)(F)F)n3)cs2)cc1. The number of benzene rings is 1. The molecule has 3 rings (SSSR count). The molecule has 0 aliphatic carbocycles. The van der Waals surface area contributed by atoms with Crippen molar-refractivity contribution in [3.05, 3.63) is 58.9 Å². The molecule has 5 nitrogen and oxygen atoms in total. The van der Waals surface area contributed by atoms with Gasteiger partial charge in [0.1, 0.15) is 5.69 Å². The van der Waals surface area contributed by atoms with Gasteiger partial charge in [0.05, 0.1) is 11.4 Å². The summed E-state index contributed by atoms with van der Waals surface area (Å²) < 4.78 is 38.3. The van der Waals surface area contributed by atoms with Crippen LogP contribution in [0.3, 0.4) is 0 Å². The van der Waals surface area contributed by atoms with Crippen molar-refractivity contribution in [3.63, 3.8) is 0 Å². The Morgan fingerprint density at radius 1 is 1.17 bits per heavy atom. The number of hydrogen-bond acceptors (Lipinski definition) is 6. The van der Waals surface area contributed by atoms with E-state index in [9.17, 15) is 18.0 Å². The molecule has 2 heterocycles. The van der Waals surface area contributed by atoms with Crippen LogP contribution in [-0.4, -0.2) is 20.9 Å². The number of aryl methyl sites for hydroxylation is 1. The molecule has 152 valence electrons. The first-order valence-electron chi connectivity index (χ1n) is 8.65. The Hall–Kier alpha value is -2.46. The van der Waals surface area contributed by atoms with E-state index in [0.717, 1.165) is 36.0 Å².